The zero-order valence-electron chi connectivity index (χ0n) is 18.3. The highest BCUT2D eigenvalue weighted by Crippen LogP contribution is 2.53. The van der Waals surface area contributed by atoms with E-state index in [4.69, 9.17) is 24.9 Å². The first kappa shape index (κ1) is 22.6. The normalized spacial score (nSPS) is 40.0. The predicted molar refractivity (Wildman–Crippen MR) is 110 cm³/mol. The third kappa shape index (κ3) is 4.48. The van der Waals surface area contributed by atoms with Crippen LogP contribution in [0.3, 0.4) is 0 Å². The number of hydrogen-bond donors (Lipinski definition) is 3. The molecule has 3 heterocycles. The minimum Gasteiger partial charge on any atom is -0.348 e. The lowest BCUT2D eigenvalue weighted by molar-refractivity contribution is -0.444. The molecule has 4 N–H and O–H groups in total. The van der Waals surface area contributed by atoms with Crippen molar-refractivity contribution in [1.82, 2.24) is 10.4 Å². The van der Waals surface area contributed by atoms with Gasteiger partial charge in [0.1, 0.15) is 5.69 Å². The van der Waals surface area contributed by atoms with Gasteiger partial charge in [0.25, 0.3) is 5.91 Å². The van der Waals surface area contributed by atoms with Gasteiger partial charge in [-0.1, -0.05) is 26.3 Å². The van der Waals surface area contributed by atoms with E-state index in [1.54, 1.807) is 25.3 Å². The molecule has 0 bridgehead atoms. The van der Waals surface area contributed by atoms with Crippen molar-refractivity contribution in [2.45, 2.75) is 71.4 Å². The Bertz CT molecular complexity index is 777. The molecule has 3 fully saturated rings. The van der Waals surface area contributed by atoms with Crippen molar-refractivity contribution in [3.63, 3.8) is 0 Å². The second-order valence-corrected chi connectivity index (χ2v) is 9.41. The van der Waals surface area contributed by atoms with E-state index in [1.807, 2.05) is 0 Å². The summed E-state index contributed by atoms with van der Waals surface area (Å²) in [6, 6.07) is 3.39. The number of hydrazine groups is 1. The highest BCUT2D eigenvalue weighted by molar-refractivity contribution is 5.91. The number of amides is 1. The number of nitrogens with zero attached hydrogens (tertiary/aromatic N) is 1. The summed E-state index contributed by atoms with van der Waals surface area (Å²) >= 11 is 0. The van der Waals surface area contributed by atoms with Crippen molar-refractivity contribution in [2.24, 2.45) is 35.4 Å². The second kappa shape index (κ2) is 9.09. The monoisotopic (exact) mass is 435 g/mol. The number of aromatic nitrogens is 1. The van der Waals surface area contributed by atoms with E-state index in [-0.39, 0.29) is 17.5 Å². The second-order valence-electron chi connectivity index (χ2n) is 9.41. The zero-order chi connectivity index (χ0) is 22.2. The number of carbonyl (C=O) groups is 1. The first-order chi connectivity index (χ1) is 14.8. The molecule has 2 saturated heterocycles. The Labute approximate surface area is 182 Å². The maximum atomic E-state index is 11.5. The number of ether oxygens (including phenoxy) is 3. The van der Waals surface area contributed by atoms with Gasteiger partial charge in [-0.15, -0.1) is 0 Å². The Kier molecular flexibility index (Phi) is 6.62. The molecule has 0 aromatic carbocycles. The fraction of sp³-hybridized carbons (Fsp3) is 0.727. The number of nitrogens with one attached hydrogen (secondary N) is 1. The SMILES string of the molecule is C[C@H]1C(OCc2ccc(C(=O)NN)nc2)OC2O[C@](C)(OO)CCC3C2C1CC[C@H]3C. The number of rotatable bonds is 5. The van der Waals surface area contributed by atoms with E-state index in [1.165, 1.54) is 6.42 Å². The molecule has 172 valence electrons. The lowest BCUT2D eigenvalue weighted by atomic mass is 9.61. The third-order valence-corrected chi connectivity index (χ3v) is 7.46. The van der Waals surface area contributed by atoms with Gasteiger partial charge in [0, 0.05) is 24.5 Å². The van der Waals surface area contributed by atoms with Crippen LogP contribution in [-0.4, -0.2) is 34.5 Å². The molecular formula is C22H33N3O6. The Morgan fingerprint density at radius 2 is 2.13 bits per heavy atom. The number of pyridine rings is 1. The van der Waals surface area contributed by atoms with Gasteiger partial charge in [-0.05, 0) is 49.1 Å². The average Bonchev–Trinajstić information content (AvgIpc) is 2.94. The fourth-order valence-electron chi connectivity index (χ4n) is 5.60. The molecule has 1 aromatic heterocycles. The van der Waals surface area contributed by atoms with Crippen molar-refractivity contribution in [2.75, 3.05) is 0 Å². The summed E-state index contributed by atoms with van der Waals surface area (Å²) in [5.41, 5.74) is 3.13. The van der Waals surface area contributed by atoms with Crippen LogP contribution < -0.4 is 11.3 Å². The summed E-state index contributed by atoms with van der Waals surface area (Å²) in [6.07, 6.45) is 4.48. The summed E-state index contributed by atoms with van der Waals surface area (Å²) in [6.45, 7) is 6.53. The molecule has 2 aliphatic heterocycles. The number of nitrogen functional groups attached to an aromatic ring is 1. The van der Waals surface area contributed by atoms with Crippen LogP contribution in [0.15, 0.2) is 18.3 Å². The number of hydrogen-bond acceptors (Lipinski definition) is 8. The maximum absolute atomic E-state index is 11.5. The van der Waals surface area contributed by atoms with Gasteiger partial charge in [0.2, 0.25) is 5.79 Å². The van der Waals surface area contributed by atoms with Crippen molar-refractivity contribution in [3.05, 3.63) is 29.6 Å². The smallest absolute Gasteiger partial charge is 0.283 e. The highest BCUT2D eigenvalue weighted by Gasteiger charge is 2.54. The predicted octanol–water partition coefficient (Wildman–Crippen LogP) is 2.81. The lowest BCUT2D eigenvalue weighted by Crippen LogP contribution is -2.54. The van der Waals surface area contributed by atoms with Gasteiger partial charge in [0.05, 0.1) is 6.61 Å². The van der Waals surface area contributed by atoms with Gasteiger partial charge in [-0.25, -0.2) is 16.0 Å². The van der Waals surface area contributed by atoms with Crippen molar-refractivity contribution in [1.29, 1.82) is 0 Å². The molecule has 31 heavy (non-hydrogen) atoms. The average molecular weight is 436 g/mol. The highest BCUT2D eigenvalue weighted by atomic mass is 17.1. The molecule has 3 aliphatic rings. The summed E-state index contributed by atoms with van der Waals surface area (Å²) in [5.74, 6) is 5.54. The van der Waals surface area contributed by atoms with Gasteiger partial charge in [0.15, 0.2) is 12.6 Å². The van der Waals surface area contributed by atoms with Gasteiger partial charge in [-0.3, -0.25) is 15.2 Å². The Balaban J connectivity index is 1.48. The van der Waals surface area contributed by atoms with Crippen LogP contribution in [0.5, 0.6) is 0 Å². The van der Waals surface area contributed by atoms with Crippen LogP contribution >= 0.6 is 0 Å². The molecule has 5 unspecified atom stereocenters. The van der Waals surface area contributed by atoms with E-state index in [9.17, 15) is 10.1 Å². The quantitative estimate of drug-likeness (QED) is 0.279. The minimum atomic E-state index is -1.08. The van der Waals surface area contributed by atoms with Crippen LogP contribution in [0.4, 0.5) is 0 Å². The van der Waals surface area contributed by atoms with Crippen LogP contribution in [0.25, 0.3) is 0 Å². The summed E-state index contributed by atoms with van der Waals surface area (Å²) in [7, 11) is 0. The van der Waals surface area contributed by atoms with E-state index >= 15 is 0 Å². The maximum Gasteiger partial charge on any atom is 0.283 e. The van der Waals surface area contributed by atoms with E-state index in [0.29, 0.717) is 30.8 Å². The van der Waals surface area contributed by atoms with Crippen LogP contribution in [0, 0.1) is 29.6 Å². The first-order valence-corrected chi connectivity index (χ1v) is 11.1. The Morgan fingerprint density at radius 1 is 1.32 bits per heavy atom. The van der Waals surface area contributed by atoms with Crippen LogP contribution in [0.2, 0.25) is 0 Å². The molecule has 1 aliphatic carbocycles. The van der Waals surface area contributed by atoms with Crippen LogP contribution in [0.1, 0.15) is 62.5 Å². The van der Waals surface area contributed by atoms with E-state index < -0.39 is 24.3 Å². The zero-order valence-corrected chi connectivity index (χ0v) is 18.3. The molecule has 1 amide bonds. The van der Waals surface area contributed by atoms with E-state index in [0.717, 1.165) is 18.4 Å². The molecule has 0 radical (unpaired) electrons. The summed E-state index contributed by atoms with van der Waals surface area (Å²) in [4.78, 5) is 20.4. The Hall–Kier alpha value is -1.62. The summed E-state index contributed by atoms with van der Waals surface area (Å²) in [5, 5.41) is 9.47. The molecule has 9 heteroatoms. The molecule has 1 aromatic rings. The van der Waals surface area contributed by atoms with E-state index in [2.05, 4.69) is 24.3 Å². The lowest BCUT2D eigenvalue weighted by Gasteiger charge is -2.52. The Morgan fingerprint density at radius 3 is 2.81 bits per heavy atom. The molecule has 8 atom stereocenters. The minimum absolute atomic E-state index is 0.203. The summed E-state index contributed by atoms with van der Waals surface area (Å²) < 4.78 is 18.7. The third-order valence-electron chi connectivity index (χ3n) is 7.46. The standard InChI is InChI=1S/C22H33N3O6/c1-12-4-6-16-13(2)20(28-11-14-5-7-17(24-10-14)19(26)25-23)29-21-18(16)15(12)8-9-22(3,30-21)31-27/h5,7,10,12-13,15-16,18,20-21,27H,4,6,8-9,11,23H2,1-3H3,(H,25,26)/t12-,13-,15?,16?,18?,20?,21?,22-/m1/s1. The first-order valence-electron chi connectivity index (χ1n) is 11.1. The largest absolute Gasteiger partial charge is 0.348 e. The fourth-order valence-corrected chi connectivity index (χ4v) is 5.60. The molecule has 1 saturated carbocycles. The molecule has 0 spiro atoms. The topological polar surface area (TPSA) is 125 Å². The molecule has 4 rings (SSSR count). The number of carbonyl (C=O) groups excluding carboxylic acids is 1. The van der Waals surface area contributed by atoms with Crippen molar-refractivity contribution in [3.8, 4) is 0 Å². The molecule has 9 nitrogen and oxygen atoms in total. The van der Waals surface area contributed by atoms with Crippen molar-refractivity contribution >= 4 is 5.91 Å². The van der Waals surface area contributed by atoms with Gasteiger partial charge >= 0.3 is 0 Å². The van der Waals surface area contributed by atoms with Crippen LogP contribution in [-0.2, 0) is 25.7 Å². The van der Waals surface area contributed by atoms with Gasteiger partial charge < -0.3 is 14.2 Å². The van der Waals surface area contributed by atoms with Gasteiger partial charge in [-0.2, -0.15) is 0 Å². The van der Waals surface area contributed by atoms with Crippen molar-refractivity contribution < 1.29 is 29.1 Å². The molecular weight excluding hydrogens is 402 g/mol. The number of nitrogens with two attached hydrogens (primary N) is 1.